The Morgan fingerprint density at radius 2 is 1.67 bits per heavy atom. The summed E-state index contributed by atoms with van der Waals surface area (Å²) in [6.07, 6.45) is 6.84. The molecule has 0 fully saturated rings. The van der Waals surface area contributed by atoms with Gasteiger partial charge >= 0.3 is 200 Å². The summed E-state index contributed by atoms with van der Waals surface area (Å²) in [5.41, 5.74) is 3.73. The van der Waals surface area contributed by atoms with Gasteiger partial charge in [-0.15, -0.1) is 17.0 Å². The average Bonchev–Trinajstić information content (AvgIpc) is 2.87. The Bertz CT molecular complexity index is 1400. The molecule has 8 heteroatoms. The molecule has 2 aromatic rings. The second kappa shape index (κ2) is 13.4. The summed E-state index contributed by atoms with van der Waals surface area (Å²) < 4.78 is 14.6. The van der Waals surface area contributed by atoms with Gasteiger partial charge in [-0.2, -0.15) is 0 Å². The zero-order valence-corrected chi connectivity index (χ0v) is 27.3. The Morgan fingerprint density at radius 1 is 0.944 bits per heavy atom. The summed E-state index contributed by atoms with van der Waals surface area (Å²) >= 11 is 8.73. The summed E-state index contributed by atoms with van der Waals surface area (Å²) in [4.78, 5) is 13.2. The SMILES string of the molecule is Br.CCCCCCCCOC(=O)c1ccccc1-c1c2ccc(=N)c(Br)c-2oc2c(Br)c([AsH2])ccc12. The molecular formula is C28H29AsBr3NO3. The van der Waals surface area contributed by atoms with Crippen LogP contribution >= 0.6 is 48.8 Å². The summed E-state index contributed by atoms with van der Waals surface area (Å²) in [7, 11) is 0. The quantitative estimate of drug-likeness (QED) is 0.0834. The van der Waals surface area contributed by atoms with Crippen molar-refractivity contribution in [3.05, 3.63) is 68.4 Å². The first-order valence-electron chi connectivity index (χ1n) is 11.9. The number of ether oxygens (including phenoxy) is 1. The molecule has 2 aliphatic rings. The molecule has 0 spiro atoms. The van der Waals surface area contributed by atoms with Crippen LogP contribution in [0.25, 0.3) is 33.4 Å². The van der Waals surface area contributed by atoms with Gasteiger partial charge in [0.2, 0.25) is 0 Å². The van der Waals surface area contributed by atoms with E-state index in [2.05, 4.69) is 44.8 Å². The molecule has 4 nitrogen and oxygen atoms in total. The van der Waals surface area contributed by atoms with E-state index >= 15 is 0 Å². The van der Waals surface area contributed by atoms with E-state index in [0.717, 1.165) is 43.7 Å². The molecule has 0 saturated carbocycles. The first-order chi connectivity index (χ1) is 16.9. The number of hydrogen-bond acceptors (Lipinski definition) is 4. The van der Waals surface area contributed by atoms with Gasteiger partial charge in [-0.1, -0.05) is 32.6 Å². The summed E-state index contributed by atoms with van der Waals surface area (Å²) in [5.74, 6) is 0.260. The summed E-state index contributed by atoms with van der Waals surface area (Å²) in [6.45, 7) is 2.63. The topological polar surface area (TPSA) is 63.3 Å². The predicted octanol–water partition coefficient (Wildman–Crippen LogP) is 7.56. The van der Waals surface area contributed by atoms with Gasteiger partial charge in [-0.3, -0.25) is 0 Å². The van der Waals surface area contributed by atoms with Gasteiger partial charge in [0.05, 0.1) is 0 Å². The number of unbranched alkanes of at least 4 members (excludes halogenated alkanes) is 5. The fourth-order valence-corrected chi connectivity index (χ4v) is 5.59. The van der Waals surface area contributed by atoms with Crippen LogP contribution in [0.15, 0.2) is 61.9 Å². The fraction of sp³-hybridized carbons (Fsp3) is 0.286. The summed E-state index contributed by atoms with van der Waals surface area (Å²) in [5, 5.41) is 9.48. The molecule has 0 radical (unpaired) electrons. The van der Waals surface area contributed by atoms with E-state index in [-0.39, 0.29) is 23.0 Å². The number of benzene rings is 3. The van der Waals surface area contributed by atoms with Crippen LogP contribution in [-0.2, 0) is 4.74 Å². The molecule has 4 rings (SSSR count). The third-order valence-corrected chi connectivity index (χ3v) is 9.62. The molecule has 2 aromatic carbocycles. The zero-order chi connectivity index (χ0) is 24.9. The number of carbonyl (C=O) groups is 1. The van der Waals surface area contributed by atoms with Crippen LogP contribution in [0.5, 0.6) is 0 Å². The number of fused-ring (bicyclic) bond motifs is 2. The van der Waals surface area contributed by atoms with Gasteiger partial charge in [0.15, 0.2) is 0 Å². The molecule has 1 unspecified atom stereocenters. The van der Waals surface area contributed by atoms with Gasteiger partial charge in [0.25, 0.3) is 0 Å². The average molecular weight is 742 g/mol. The molecule has 190 valence electrons. The van der Waals surface area contributed by atoms with Crippen molar-refractivity contribution in [1.29, 1.82) is 5.41 Å². The number of halogens is 3. The fourth-order valence-electron chi connectivity index (χ4n) is 4.26. The van der Waals surface area contributed by atoms with Crippen LogP contribution in [0, 0.1) is 5.41 Å². The van der Waals surface area contributed by atoms with Crippen LogP contribution in [0.2, 0.25) is 0 Å². The summed E-state index contributed by atoms with van der Waals surface area (Å²) in [6, 6.07) is 15.3. The van der Waals surface area contributed by atoms with Crippen molar-refractivity contribution in [2.24, 2.45) is 0 Å². The predicted molar refractivity (Wildman–Crippen MR) is 162 cm³/mol. The van der Waals surface area contributed by atoms with E-state index in [1.54, 1.807) is 6.07 Å². The number of rotatable bonds is 9. The number of esters is 1. The monoisotopic (exact) mass is 739 g/mol. The van der Waals surface area contributed by atoms with E-state index in [0.29, 0.717) is 33.3 Å². The van der Waals surface area contributed by atoms with Gasteiger partial charge < -0.3 is 0 Å². The molecule has 0 bridgehead atoms. The van der Waals surface area contributed by atoms with Crippen molar-refractivity contribution in [3.8, 4) is 22.5 Å². The van der Waals surface area contributed by atoms with Crippen LogP contribution in [-0.4, -0.2) is 29.4 Å². The second-order valence-corrected chi connectivity index (χ2v) is 11.5. The van der Waals surface area contributed by atoms with Crippen molar-refractivity contribution in [1.82, 2.24) is 0 Å². The number of nitrogens with one attached hydrogen (secondary N) is 1. The molecule has 36 heavy (non-hydrogen) atoms. The van der Waals surface area contributed by atoms with E-state index < -0.39 is 0 Å². The first kappa shape index (κ1) is 29.2. The van der Waals surface area contributed by atoms with Crippen LogP contribution in [0.1, 0.15) is 55.8 Å². The first-order valence-corrected chi connectivity index (χ1v) is 14.7. The van der Waals surface area contributed by atoms with Crippen molar-refractivity contribution in [2.75, 3.05) is 6.61 Å². The minimum atomic E-state index is -0.318. The Kier molecular flexibility index (Phi) is 10.9. The zero-order valence-electron chi connectivity index (χ0n) is 20.0. The second-order valence-electron chi connectivity index (χ2n) is 8.58. The van der Waals surface area contributed by atoms with Gasteiger partial charge in [-0.25, -0.2) is 0 Å². The maximum atomic E-state index is 13.2. The molecule has 0 saturated heterocycles. The normalized spacial score (nSPS) is 11.0. The number of carbonyl (C=O) groups excluding carboxylic acids is 1. The molecule has 1 heterocycles. The van der Waals surface area contributed by atoms with Crippen molar-refractivity contribution in [3.63, 3.8) is 0 Å². The molecule has 1 aliphatic carbocycles. The van der Waals surface area contributed by atoms with E-state index in [1.807, 2.05) is 36.4 Å². The minimum absolute atomic E-state index is 0. The molecule has 1 N–H and O–H groups in total. The van der Waals surface area contributed by atoms with Crippen LogP contribution < -0.4 is 9.71 Å². The van der Waals surface area contributed by atoms with Crippen molar-refractivity contribution < 1.29 is 13.9 Å². The van der Waals surface area contributed by atoms with Crippen LogP contribution in [0.4, 0.5) is 0 Å². The molecule has 1 atom stereocenters. The maximum absolute atomic E-state index is 13.2. The van der Waals surface area contributed by atoms with Crippen molar-refractivity contribution >= 4 is 87.0 Å². The Hall–Kier alpha value is -1.40. The third-order valence-electron chi connectivity index (χ3n) is 6.11. The third kappa shape index (κ3) is 6.18. The standard InChI is InChI=1S/C28H28AsBr2NO3.BrH/c1-2-3-4-5-6-9-16-34-28(33)18-11-8-7-10-17(18)23-19-12-14-21(29)24(30)26(19)35-27-20(23)13-15-22(32)25(27)31;/h7-8,10-15,32H,2-6,9,16,29H2,1H3;1H. The number of hydrogen-bond donors (Lipinski definition) is 1. The van der Waals surface area contributed by atoms with Gasteiger partial charge in [-0.05, 0) is 0 Å². The van der Waals surface area contributed by atoms with E-state index in [1.165, 1.54) is 42.5 Å². The molecule has 1 aliphatic heterocycles. The van der Waals surface area contributed by atoms with E-state index in [9.17, 15) is 4.79 Å². The van der Waals surface area contributed by atoms with Crippen molar-refractivity contribution in [2.45, 2.75) is 45.4 Å². The van der Waals surface area contributed by atoms with Crippen LogP contribution in [0.3, 0.4) is 0 Å². The Morgan fingerprint density at radius 3 is 2.44 bits per heavy atom. The Balaban J connectivity index is 0.00000361. The van der Waals surface area contributed by atoms with E-state index in [4.69, 9.17) is 14.6 Å². The molecule has 0 amide bonds. The Labute approximate surface area is 247 Å². The molecular weight excluding hydrogens is 713 g/mol. The molecule has 0 aromatic heterocycles. The van der Waals surface area contributed by atoms with Gasteiger partial charge in [0.1, 0.15) is 0 Å². The van der Waals surface area contributed by atoms with Gasteiger partial charge in [0, 0.05) is 0 Å².